The first-order chi connectivity index (χ1) is 10.7. The quantitative estimate of drug-likeness (QED) is 0.852. The van der Waals surface area contributed by atoms with Crippen molar-refractivity contribution in [3.8, 4) is 0 Å². The Kier molecular flexibility index (Phi) is 5.62. The normalized spacial score (nSPS) is 18.7. The number of ether oxygens (including phenoxy) is 1. The van der Waals surface area contributed by atoms with Gasteiger partial charge in [0.15, 0.2) is 11.6 Å². The molecule has 0 radical (unpaired) electrons. The Labute approximate surface area is 140 Å². The van der Waals surface area contributed by atoms with Crippen LogP contribution in [0.3, 0.4) is 0 Å². The topological polar surface area (TPSA) is 67.3 Å². The summed E-state index contributed by atoms with van der Waals surface area (Å²) in [6.07, 6.45) is 2.56. The second kappa shape index (κ2) is 7.29. The number of rotatable bonds is 3. The van der Waals surface area contributed by atoms with E-state index in [2.05, 4.69) is 15.3 Å². The first-order valence-electron chi connectivity index (χ1n) is 7.64. The number of piperidine rings is 1. The first kappa shape index (κ1) is 17.7. The van der Waals surface area contributed by atoms with Gasteiger partial charge in [-0.3, -0.25) is 0 Å². The lowest BCUT2D eigenvalue weighted by Crippen LogP contribution is -2.44. The molecule has 1 N–H and O–H groups in total. The van der Waals surface area contributed by atoms with E-state index in [-0.39, 0.29) is 23.1 Å². The van der Waals surface area contributed by atoms with Crippen LogP contribution in [-0.4, -0.2) is 46.2 Å². The van der Waals surface area contributed by atoms with E-state index in [1.807, 2.05) is 20.8 Å². The number of likely N-dealkylation sites (tertiary alicyclic amines) is 1. The van der Waals surface area contributed by atoms with E-state index in [9.17, 15) is 9.18 Å². The SMILES string of the molecule is CC(C)(C)OC(=O)N1CCCC(CNc2nc(Cl)ncc2F)C1. The fourth-order valence-electron chi connectivity index (χ4n) is 2.43. The molecule has 0 bridgehead atoms. The molecule has 8 heteroatoms. The third-order valence-corrected chi connectivity index (χ3v) is 3.63. The van der Waals surface area contributed by atoms with E-state index in [0.717, 1.165) is 19.0 Å². The lowest BCUT2D eigenvalue weighted by molar-refractivity contribution is 0.0172. The molecule has 1 aromatic rings. The molecule has 1 unspecified atom stereocenters. The van der Waals surface area contributed by atoms with Crippen molar-refractivity contribution in [3.63, 3.8) is 0 Å². The van der Waals surface area contributed by atoms with Gasteiger partial charge >= 0.3 is 6.09 Å². The smallest absolute Gasteiger partial charge is 0.410 e. The number of carbonyl (C=O) groups is 1. The van der Waals surface area contributed by atoms with Gasteiger partial charge in [-0.1, -0.05) is 0 Å². The maximum atomic E-state index is 13.6. The highest BCUT2D eigenvalue weighted by atomic mass is 35.5. The van der Waals surface area contributed by atoms with Gasteiger partial charge in [0.05, 0.1) is 6.20 Å². The second-order valence-corrected chi connectivity index (χ2v) is 6.99. The van der Waals surface area contributed by atoms with Gasteiger partial charge in [0.1, 0.15) is 5.60 Å². The molecule has 2 heterocycles. The maximum Gasteiger partial charge on any atom is 0.410 e. The minimum absolute atomic E-state index is 0.00655. The molecule has 1 aliphatic heterocycles. The molecule has 1 saturated heterocycles. The van der Waals surface area contributed by atoms with E-state index in [1.54, 1.807) is 4.90 Å². The second-order valence-electron chi connectivity index (χ2n) is 6.65. The lowest BCUT2D eigenvalue weighted by atomic mass is 9.98. The summed E-state index contributed by atoms with van der Waals surface area (Å²) in [6, 6.07) is 0. The first-order valence-corrected chi connectivity index (χ1v) is 8.02. The largest absolute Gasteiger partial charge is 0.444 e. The molecule has 6 nitrogen and oxygen atoms in total. The monoisotopic (exact) mass is 344 g/mol. The van der Waals surface area contributed by atoms with Gasteiger partial charge in [-0.05, 0) is 51.1 Å². The number of anilines is 1. The summed E-state index contributed by atoms with van der Waals surface area (Å²) < 4.78 is 19.0. The van der Waals surface area contributed by atoms with Crippen molar-refractivity contribution >= 4 is 23.5 Å². The van der Waals surface area contributed by atoms with Gasteiger partial charge < -0.3 is 15.0 Å². The summed E-state index contributed by atoms with van der Waals surface area (Å²) in [5.41, 5.74) is -0.511. The fraction of sp³-hybridized carbons (Fsp3) is 0.667. The maximum absolute atomic E-state index is 13.6. The van der Waals surface area contributed by atoms with Gasteiger partial charge in [-0.15, -0.1) is 0 Å². The van der Waals surface area contributed by atoms with E-state index in [0.29, 0.717) is 19.6 Å². The Morgan fingerprint density at radius 3 is 3.00 bits per heavy atom. The van der Waals surface area contributed by atoms with Gasteiger partial charge in [-0.2, -0.15) is 4.98 Å². The van der Waals surface area contributed by atoms with Crippen molar-refractivity contribution in [2.45, 2.75) is 39.2 Å². The molecular weight excluding hydrogens is 323 g/mol. The summed E-state index contributed by atoms with van der Waals surface area (Å²) in [6.45, 7) is 7.28. The predicted molar refractivity (Wildman–Crippen MR) is 86.0 cm³/mol. The van der Waals surface area contributed by atoms with Crippen molar-refractivity contribution in [2.75, 3.05) is 25.0 Å². The van der Waals surface area contributed by atoms with Crippen LogP contribution < -0.4 is 5.32 Å². The van der Waals surface area contributed by atoms with Crippen LogP contribution in [0.25, 0.3) is 0 Å². The Bertz CT molecular complexity index is 565. The number of hydrogen-bond acceptors (Lipinski definition) is 5. The van der Waals surface area contributed by atoms with Gasteiger partial charge in [-0.25, -0.2) is 14.2 Å². The Morgan fingerprint density at radius 2 is 2.30 bits per heavy atom. The zero-order valence-corrected chi connectivity index (χ0v) is 14.4. The number of nitrogens with one attached hydrogen (secondary N) is 1. The van der Waals surface area contributed by atoms with Crippen LogP contribution in [0.15, 0.2) is 6.20 Å². The summed E-state index contributed by atoms with van der Waals surface area (Å²) >= 11 is 5.67. The molecule has 128 valence electrons. The van der Waals surface area contributed by atoms with Crippen molar-refractivity contribution < 1.29 is 13.9 Å². The molecule has 0 saturated carbocycles. The number of amides is 1. The third kappa shape index (κ3) is 5.49. The van der Waals surface area contributed by atoms with Gasteiger partial charge in [0.25, 0.3) is 0 Å². The van der Waals surface area contributed by atoms with E-state index >= 15 is 0 Å². The van der Waals surface area contributed by atoms with Crippen molar-refractivity contribution in [2.24, 2.45) is 5.92 Å². The van der Waals surface area contributed by atoms with Crippen LogP contribution in [0, 0.1) is 11.7 Å². The highest BCUT2D eigenvalue weighted by Gasteiger charge is 2.27. The number of hydrogen-bond donors (Lipinski definition) is 1. The molecule has 0 spiro atoms. The van der Waals surface area contributed by atoms with Crippen LogP contribution in [0.1, 0.15) is 33.6 Å². The summed E-state index contributed by atoms with van der Waals surface area (Å²) in [5, 5.41) is 2.94. The molecule has 23 heavy (non-hydrogen) atoms. The molecule has 0 aliphatic carbocycles. The third-order valence-electron chi connectivity index (χ3n) is 3.44. The number of halogens is 2. The zero-order chi connectivity index (χ0) is 17.0. The van der Waals surface area contributed by atoms with Crippen LogP contribution >= 0.6 is 11.6 Å². The molecular formula is C15H22ClFN4O2. The van der Waals surface area contributed by atoms with E-state index < -0.39 is 11.4 Å². The minimum atomic E-state index is -0.547. The molecule has 2 rings (SSSR count). The molecule has 1 aliphatic rings. The van der Waals surface area contributed by atoms with Crippen LogP contribution in [0.2, 0.25) is 5.28 Å². The van der Waals surface area contributed by atoms with E-state index in [1.165, 1.54) is 0 Å². The van der Waals surface area contributed by atoms with Gasteiger partial charge in [0.2, 0.25) is 5.28 Å². The average Bonchev–Trinajstić information content (AvgIpc) is 2.47. The predicted octanol–water partition coefficient (Wildman–Crippen LogP) is 3.33. The number of carbonyl (C=O) groups excluding carboxylic acids is 1. The van der Waals surface area contributed by atoms with Crippen LogP contribution in [-0.2, 0) is 4.74 Å². The van der Waals surface area contributed by atoms with Gasteiger partial charge in [0, 0.05) is 19.6 Å². The average molecular weight is 345 g/mol. The summed E-state index contributed by atoms with van der Waals surface area (Å²) in [7, 11) is 0. The molecule has 0 aromatic carbocycles. The van der Waals surface area contributed by atoms with Crippen molar-refractivity contribution in [1.29, 1.82) is 0 Å². The molecule has 1 aromatic heterocycles. The Balaban J connectivity index is 1.89. The fourth-order valence-corrected chi connectivity index (χ4v) is 2.57. The minimum Gasteiger partial charge on any atom is -0.444 e. The lowest BCUT2D eigenvalue weighted by Gasteiger charge is -2.34. The molecule has 1 atom stereocenters. The Hall–Kier alpha value is -1.63. The summed E-state index contributed by atoms with van der Waals surface area (Å²) in [5.74, 6) is -0.266. The van der Waals surface area contributed by atoms with E-state index in [4.69, 9.17) is 16.3 Å². The highest BCUT2D eigenvalue weighted by Crippen LogP contribution is 2.20. The van der Waals surface area contributed by atoms with Crippen LogP contribution in [0.5, 0.6) is 0 Å². The standard InChI is InChI=1S/C15H22ClFN4O2/c1-15(2,3)23-14(22)21-6-4-5-10(9-21)7-18-12-11(17)8-19-13(16)20-12/h8,10H,4-7,9H2,1-3H3,(H,18,19,20). The number of nitrogens with zero attached hydrogens (tertiary/aromatic N) is 3. The van der Waals surface area contributed by atoms with Crippen molar-refractivity contribution in [1.82, 2.24) is 14.9 Å². The number of aromatic nitrogens is 2. The van der Waals surface area contributed by atoms with Crippen LogP contribution in [0.4, 0.5) is 15.0 Å². The molecule has 1 amide bonds. The Morgan fingerprint density at radius 1 is 1.57 bits per heavy atom. The summed E-state index contributed by atoms with van der Waals surface area (Å²) in [4.78, 5) is 21.2. The molecule has 1 fully saturated rings. The highest BCUT2D eigenvalue weighted by molar-refractivity contribution is 6.28. The zero-order valence-electron chi connectivity index (χ0n) is 13.6. The van der Waals surface area contributed by atoms with Crippen molar-refractivity contribution in [3.05, 3.63) is 17.3 Å².